The molecule has 0 aromatic carbocycles. The summed E-state index contributed by atoms with van der Waals surface area (Å²) in [5.74, 6) is 0.368. The molecule has 1 aliphatic rings. The van der Waals surface area contributed by atoms with Crippen LogP contribution in [-0.4, -0.2) is 41.0 Å². The third kappa shape index (κ3) is 2.27. The Labute approximate surface area is 93.4 Å². The van der Waals surface area contributed by atoms with Crippen molar-refractivity contribution in [3.63, 3.8) is 0 Å². The van der Waals surface area contributed by atoms with E-state index in [1.54, 1.807) is 12.3 Å². The maximum absolute atomic E-state index is 10.8. The zero-order chi connectivity index (χ0) is 11.5. The number of pyridine rings is 1. The molecule has 1 aliphatic heterocycles. The lowest BCUT2D eigenvalue weighted by molar-refractivity contribution is -0.384. The summed E-state index contributed by atoms with van der Waals surface area (Å²) in [7, 11) is 2.04. The SMILES string of the molecule is CN1CCC(Nc2ncccc2[N+](=O)[O-])C1. The van der Waals surface area contributed by atoms with Crippen molar-refractivity contribution in [2.24, 2.45) is 0 Å². The molecule has 0 bridgehead atoms. The minimum Gasteiger partial charge on any atom is -0.360 e. The molecule has 16 heavy (non-hydrogen) atoms. The third-order valence-electron chi connectivity index (χ3n) is 2.72. The lowest BCUT2D eigenvalue weighted by Gasteiger charge is -2.12. The molecule has 0 saturated carbocycles. The normalized spacial score (nSPS) is 20.9. The van der Waals surface area contributed by atoms with Crippen LogP contribution in [-0.2, 0) is 0 Å². The second-order valence-corrected chi connectivity index (χ2v) is 4.02. The molecule has 2 rings (SSSR count). The lowest BCUT2D eigenvalue weighted by Crippen LogP contribution is -2.24. The fraction of sp³-hybridized carbons (Fsp3) is 0.500. The number of likely N-dealkylation sites (tertiary alicyclic amines) is 1. The Hall–Kier alpha value is -1.69. The second kappa shape index (κ2) is 4.44. The Morgan fingerprint density at radius 2 is 2.50 bits per heavy atom. The predicted molar refractivity (Wildman–Crippen MR) is 60.4 cm³/mol. The van der Waals surface area contributed by atoms with Gasteiger partial charge >= 0.3 is 5.69 Å². The summed E-state index contributed by atoms with van der Waals surface area (Å²) < 4.78 is 0. The van der Waals surface area contributed by atoms with Crippen LogP contribution in [0.25, 0.3) is 0 Å². The standard InChI is InChI=1S/C10H14N4O2/c1-13-6-4-8(7-13)12-10-9(14(15)16)3-2-5-11-10/h2-3,5,8H,4,6-7H2,1H3,(H,11,12). The first kappa shape index (κ1) is 10.8. The molecular formula is C10H14N4O2. The van der Waals surface area contributed by atoms with Crippen LogP contribution in [0.4, 0.5) is 11.5 Å². The fourth-order valence-electron chi connectivity index (χ4n) is 1.90. The molecule has 2 heterocycles. The van der Waals surface area contributed by atoms with Gasteiger partial charge in [0.25, 0.3) is 0 Å². The lowest BCUT2D eigenvalue weighted by atomic mass is 10.2. The Kier molecular flexibility index (Phi) is 3.00. The first-order valence-corrected chi connectivity index (χ1v) is 5.21. The van der Waals surface area contributed by atoms with Crippen molar-refractivity contribution < 1.29 is 4.92 Å². The van der Waals surface area contributed by atoms with Gasteiger partial charge in [0.2, 0.25) is 5.82 Å². The largest absolute Gasteiger partial charge is 0.360 e. The topological polar surface area (TPSA) is 71.3 Å². The van der Waals surface area contributed by atoms with E-state index in [1.165, 1.54) is 6.07 Å². The van der Waals surface area contributed by atoms with Crippen molar-refractivity contribution in [1.82, 2.24) is 9.88 Å². The highest BCUT2D eigenvalue weighted by Crippen LogP contribution is 2.22. The maximum atomic E-state index is 10.8. The van der Waals surface area contributed by atoms with E-state index in [1.807, 2.05) is 7.05 Å². The number of aromatic nitrogens is 1. The number of likely N-dealkylation sites (N-methyl/N-ethyl adjacent to an activating group) is 1. The number of rotatable bonds is 3. The van der Waals surface area contributed by atoms with Crippen LogP contribution in [0.3, 0.4) is 0 Å². The van der Waals surface area contributed by atoms with Gasteiger partial charge in [-0.15, -0.1) is 0 Å². The van der Waals surface area contributed by atoms with Crippen LogP contribution in [0.5, 0.6) is 0 Å². The van der Waals surface area contributed by atoms with Crippen LogP contribution >= 0.6 is 0 Å². The predicted octanol–water partition coefficient (Wildman–Crippen LogP) is 1.11. The molecule has 0 spiro atoms. The Balaban J connectivity index is 2.12. The fourth-order valence-corrected chi connectivity index (χ4v) is 1.90. The van der Waals surface area contributed by atoms with Gasteiger partial charge in [-0.05, 0) is 26.1 Å². The molecule has 1 unspecified atom stereocenters. The Bertz CT molecular complexity index is 396. The van der Waals surface area contributed by atoms with Crippen LogP contribution in [0.1, 0.15) is 6.42 Å². The van der Waals surface area contributed by atoms with Crippen molar-refractivity contribution in [3.05, 3.63) is 28.4 Å². The molecule has 6 nitrogen and oxygen atoms in total. The molecule has 0 amide bonds. The molecule has 6 heteroatoms. The van der Waals surface area contributed by atoms with Gasteiger partial charge in [-0.25, -0.2) is 4.98 Å². The number of hydrogen-bond donors (Lipinski definition) is 1. The van der Waals surface area contributed by atoms with Crippen molar-refractivity contribution in [2.75, 3.05) is 25.5 Å². The van der Waals surface area contributed by atoms with E-state index in [-0.39, 0.29) is 11.7 Å². The molecule has 1 N–H and O–H groups in total. The summed E-state index contributed by atoms with van der Waals surface area (Å²) in [4.78, 5) is 16.6. The molecular weight excluding hydrogens is 208 g/mol. The zero-order valence-corrected chi connectivity index (χ0v) is 9.09. The summed E-state index contributed by atoms with van der Waals surface area (Å²) in [6, 6.07) is 3.29. The first-order valence-electron chi connectivity index (χ1n) is 5.21. The minimum absolute atomic E-state index is 0.0389. The summed E-state index contributed by atoms with van der Waals surface area (Å²) in [5, 5.41) is 13.9. The van der Waals surface area contributed by atoms with Gasteiger partial charge in [-0.3, -0.25) is 10.1 Å². The summed E-state index contributed by atoms with van der Waals surface area (Å²) in [6.45, 7) is 1.91. The van der Waals surface area contributed by atoms with E-state index in [0.29, 0.717) is 5.82 Å². The summed E-state index contributed by atoms with van der Waals surface area (Å²) >= 11 is 0. The number of nitro groups is 1. The van der Waals surface area contributed by atoms with Crippen molar-refractivity contribution in [1.29, 1.82) is 0 Å². The van der Waals surface area contributed by atoms with Gasteiger partial charge in [0.15, 0.2) is 0 Å². The smallest absolute Gasteiger partial charge is 0.311 e. The Morgan fingerprint density at radius 1 is 1.69 bits per heavy atom. The van der Waals surface area contributed by atoms with Crippen molar-refractivity contribution >= 4 is 11.5 Å². The highest BCUT2D eigenvalue weighted by Gasteiger charge is 2.22. The first-order chi connectivity index (χ1) is 7.66. The van der Waals surface area contributed by atoms with E-state index >= 15 is 0 Å². The van der Waals surface area contributed by atoms with Gasteiger partial charge in [0.05, 0.1) is 4.92 Å². The van der Waals surface area contributed by atoms with E-state index in [0.717, 1.165) is 19.5 Å². The van der Waals surface area contributed by atoms with E-state index in [2.05, 4.69) is 15.2 Å². The van der Waals surface area contributed by atoms with E-state index in [4.69, 9.17) is 0 Å². The minimum atomic E-state index is -0.409. The molecule has 1 saturated heterocycles. The van der Waals surface area contributed by atoms with Gasteiger partial charge in [-0.1, -0.05) is 0 Å². The molecule has 1 aromatic heterocycles. The van der Waals surface area contributed by atoms with Crippen LogP contribution in [0.2, 0.25) is 0 Å². The van der Waals surface area contributed by atoms with Gasteiger partial charge in [-0.2, -0.15) is 0 Å². The maximum Gasteiger partial charge on any atom is 0.311 e. The average molecular weight is 222 g/mol. The molecule has 1 aromatic rings. The van der Waals surface area contributed by atoms with Crippen molar-refractivity contribution in [3.8, 4) is 0 Å². The van der Waals surface area contributed by atoms with Crippen LogP contribution in [0, 0.1) is 10.1 Å². The average Bonchev–Trinajstić information content (AvgIpc) is 2.64. The van der Waals surface area contributed by atoms with Crippen LogP contribution in [0.15, 0.2) is 18.3 Å². The van der Waals surface area contributed by atoms with Gasteiger partial charge < -0.3 is 10.2 Å². The van der Waals surface area contributed by atoms with Gasteiger partial charge in [0.1, 0.15) is 0 Å². The van der Waals surface area contributed by atoms with E-state index < -0.39 is 4.92 Å². The number of hydrogen-bond acceptors (Lipinski definition) is 5. The molecule has 0 aliphatic carbocycles. The molecule has 86 valence electrons. The second-order valence-electron chi connectivity index (χ2n) is 4.02. The number of nitrogens with zero attached hydrogens (tertiary/aromatic N) is 3. The van der Waals surface area contributed by atoms with Crippen LogP contribution < -0.4 is 5.32 Å². The molecule has 1 fully saturated rings. The zero-order valence-electron chi connectivity index (χ0n) is 9.09. The number of nitrogens with one attached hydrogen (secondary N) is 1. The third-order valence-corrected chi connectivity index (χ3v) is 2.72. The van der Waals surface area contributed by atoms with Crippen molar-refractivity contribution in [2.45, 2.75) is 12.5 Å². The quantitative estimate of drug-likeness (QED) is 0.612. The van der Waals surface area contributed by atoms with Gasteiger partial charge in [0, 0.05) is 24.8 Å². The highest BCUT2D eigenvalue weighted by molar-refractivity contribution is 5.55. The van der Waals surface area contributed by atoms with E-state index in [9.17, 15) is 10.1 Å². The number of anilines is 1. The Morgan fingerprint density at radius 3 is 3.12 bits per heavy atom. The summed E-state index contributed by atoms with van der Waals surface area (Å²) in [6.07, 6.45) is 2.55. The monoisotopic (exact) mass is 222 g/mol. The highest BCUT2D eigenvalue weighted by atomic mass is 16.6. The summed E-state index contributed by atoms with van der Waals surface area (Å²) in [5.41, 5.74) is 0.0389. The molecule has 1 atom stereocenters. The molecule has 0 radical (unpaired) electrons.